The Labute approximate surface area is 101 Å². The van der Waals surface area contributed by atoms with E-state index in [1.807, 2.05) is 19.2 Å². The molecule has 2 aromatic rings. The van der Waals surface area contributed by atoms with E-state index in [0.29, 0.717) is 0 Å². The molecule has 4 nitrogen and oxygen atoms in total. The van der Waals surface area contributed by atoms with Crippen molar-refractivity contribution in [2.75, 3.05) is 14.2 Å². The molecule has 1 heterocycles. The second kappa shape index (κ2) is 5.41. The Kier molecular flexibility index (Phi) is 3.67. The quantitative estimate of drug-likeness (QED) is 0.869. The number of nitrogens with zero attached hydrogens (tertiary/aromatic N) is 2. The third-order valence-corrected chi connectivity index (χ3v) is 2.51. The molecule has 0 fully saturated rings. The molecule has 1 aromatic heterocycles. The first kappa shape index (κ1) is 11.5. The van der Waals surface area contributed by atoms with Crippen molar-refractivity contribution < 1.29 is 4.74 Å². The summed E-state index contributed by atoms with van der Waals surface area (Å²) in [5.74, 6) is 0.881. The lowest BCUT2D eigenvalue weighted by atomic mass is 10.1. The fraction of sp³-hybridized carbons (Fsp3) is 0.231. The summed E-state index contributed by atoms with van der Waals surface area (Å²) < 4.78 is 5.31. The van der Waals surface area contributed by atoms with Gasteiger partial charge >= 0.3 is 0 Å². The number of nitrogens with one attached hydrogen (secondary N) is 1. The third-order valence-electron chi connectivity index (χ3n) is 2.51. The molecule has 4 heteroatoms. The number of rotatable bonds is 4. The molecule has 0 saturated carbocycles. The van der Waals surface area contributed by atoms with Crippen LogP contribution in [0.3, 0.4) is 0 Å². The average Bonchev–Trinajstić information content (AvgIpc) is 2.40. The molecule has 0 atom stereocenters. The number of benzene rings is 1. The molecule has 0 aliphatic carbocycles. The first-order chi connectivity index (χ1) is 8.35. The van der Waals surface area contributed by atoms with Crippen LogP contribution in [0, 0.1) is 0 Å². The summed E-state index contributed by atoms with van der Waals surface area (Å²) in [5, 5.41) is 3.12. The van der Waals surface area contributed by atoms with Gasteiger partial charge in [-0.15, -0.1) is 0 Å². The lowest BCUT2D eigenvalue weighted by Gasteiger charge is -2.10. The summed E-state index contributed by atoms with van der Waals surface area (Å²) in [7, 11) is 3.59. The van der Waals surface area contributed by atoms with E-state index in [1.165, 1.54) is 0 Å². The van der Waals surface area contributed by atoms with Crippen molar-refractivity contribution in [1.29, 1.82) is 0 Å². The molecule has 0 unspecified atom stereocenters. The molecule has 0 spiro atoms. The van der Waals surface area contributed by atoms with Gasteiger partial charge in [0.05, 0.1) is 19.0 Å². The van der Waals surface area contributed by atoms with Crippen LogP contribution >= 0.6 is 0 Å². The van der Waals surface area contributed by atoms with Crippen LogP contribution in [0.4, 0.5) is 0 Å². The summed E-state index contributed by atoms with van der Waals surface area (Å²) in [5.41, 5.74) is 3.02. The molecular formula is C13H15N3O. The molecule has 0 saturated heterocycles. The maximum Gasteiger partial charge on any atom is 0.123 e. The Bertz CT molecular complexity index is 485. The highest BCUT2D eigenvalue weighted by Crippen LogP contribution is 2.24. The Morgan fingerprint density at radius 2 is 2.18 bits per heavy atom. The van der Waals surface area contributed by atoms with Crippen molar-refractivity contribution in [1.82, 2.24) is 15.3 Å². The van der Waals surface area contributed by atoms with Crippen LogP contribution in [0.25, 0.3) is 11.3 Å². The highest BCUT2D eigenvalue weighted by atomic mass is 16.5. The molecule has 0 aliphatic rings. The number of aromatic nitrogens is 2. The van der Waals surface area contributed by atoms with Crippen LogP contribution in [-0.4, -0.2) is 24.1 Å². The molecule has 2 rings (SSSR count). The Hall–Kier alpha value is -1.94. The average molecular weight is 229 g/mol. The van der Waals surface area contributed by atoms with Crippen LogP contribution in [0.15, 0.2) is 36.8 Å². The van der Waals surface area contributed by atoms with Crippen LogP contribution in [0.2, 0.25) is 0 Å². The summed E-state index contributed by atoms with van der Waals surface area (Å²) in [4.78, 5) is 8.35. The van der Waals surface area contributed by atoms with E-state index < -0.39 is 0 Å². The predicted molar refractivity (Wildman–Crippen MR) is 66.8 cm³/mol. The van der Waals surface area contributed by atoms with Crippen LogP contribution in [0.5, 0.6) is 5.75 Å². The van der Waals surface area contributed by atoms with E-state index in [4.69, 9.17) is 4.74 Å². The fourth-order valence-corrected chi connectivity index (χ4v) is 1.71. The van der Waals surface area contributed by atoms with Crippen molar-refractivity contribution in [2.45, 2.75) is 6.54 Å². The summed E-state index contributed by atoms with van der Waals surface area (Å²) in [6.07, 6.45) is 5.11. The maximum atomic E-state index is 5.31. The minimum absolute atomic E-state index is 0.761. The van der Waals surface area contributed by atoms with Crippen LogP contribution < -0.4 is 10.1 Å². The lowest BCUT2D eigenvalue weighted by molar-refractivity contribution is 0.408. The van der Waals surface area contributed by atoms with Crippen LogP contribution in [0.1, 0.15) is 5.56 Å². The molecule has 0 aliphatic heterocycles. The smallest absolute Gasteiger partial charge is 0.123 e. The summed E-state index contributed by atoms with van der Waals surface area (Å²) in [6, 6.07) is 6.01. The summed E-state index contributed by atoms with van der Waals surface area (Å²) >= 11 is 0. The zero-order valence-corrected chi connectivity index (χ0v) is 9.97. The maximum absolute atomic E-state index is 5.31. The molecule has 1 aromatic carbocycles. The van der Waals surface area contributed by atoms with E-state index in [9.17, 15) is 0 Å². The van der Waals surface area contributed by atoms with Gasteiger partial charge in [0, 0.05) is 30.1 Å². The van der Waals surface area contributed by atoms with Crippen molar-refractivity contribution in [3.05, 3.63) is 42.4 Å². The zero-order chi connectivity index (χ0) is 12.1. The van der Waals surface area contributed by atoms with Gasteiger partial charge in [0.2, 0.25) is 0 Å². The molecular weight excluding hydrogens is 214 g/mol. The minimum atomic E-state index is 0.761. The van der Waals surface area contributed by atoms with E-state index in [-0.39, 0.29) is 0 Å². The SMILES string of the molecule is CNCc1cc(-c2cnccn2)ccc1OC. The minimum Gasteiger partial charge on any atom is -0.496 e. The number of methoxy groups -OCH3 is 1. The Morgan fingerprint density at radius 3 is 2.82 bits per heavy atom. The normalized spacial score (nSPS) is 10.2. The number of ether oxygens (including phenoxy) is 1. The molecule has 1 N–H and O–H groups in total. The van der Waals surface area contributed by atoms with Crippen molar-refractivity contribution in [2.24, 2.45) is 0 Å². The lowest BCUT2D eigenvalue weighted by Crippen LogP contribution is -2.06. The van der Waals surface area contributed by atoms with E-state index in [2.05, 4.69) is 21.4 Å². The molecule has 0 radical (unpaired) electrons. The number of hydrogen-bond acceptors (Lipinski definition) is 4. The standard InChI is InChI=1S/C13H15N3O/c1-14-8-11-7-10(3-4-13(11)17-2)12-9-15-5-6-16-12/h3-7,9,14H,8H2,1-2H3. The molecule has 0 amide bonds. The van der Waals surface area contributed by atoms with E-state index in [0.717, 1.165) is 29.1 Å². The predicted octanol–water partition coefficient (Wildman–Crippen LogP) is 1.87. The van der Waals surface area contributed by atoms with Gasteiger partial charge in [-0.3, -0.25) is 9.97 Å². The van der Waals surface area contributed by atoms with Gasteiger partial charge in [0.25, 0.3) is 0 Å². The van der Waals surface area contributed by atoms with E-state index >= 15 is 0 Å². The monoisotopic (exact) mass is 229 g/mol. The second-order valence-electron chi connectivity index (χ2n) is 3.65. The number of hydrogen-bond donors (Lipinski definition) is 1. The van der Waals surface area contributed by atoms with Gasteiger partial charge in [-0.05, 0) is 25.2 Å². The second-order valence-corrected chi connectivity index (χ2v) is 3.65. The first-order valence-corrected chi connectivity index (χ1v) is 5.43. The van der Waals surface area contributed by atoms with Crippen molar-refractivity contribution in [3.63, 3.8) is 0 Å². The van der Waals surface area contributed by atoms with Crippen molar-refractivity contribution >= 4 is 0 Å². The largest absolute Gasteiger partial charge is 0.496 e. The topological polar surface area (TPSA) is 47.0 Å². The Balaban J connectivity index is 2.40. The summed E-state index contributed by atoms with van der Waals surface area (Å²) in [6.45, 7) is 0.761. The van der Waals surface area contributed by atoms with Gasteiger partial charge < -0.3 is 10.1 Å². The zero-order valence-electron chi connectivity index (χ0n) is 9.97. The highest BCUT2D eigenvalue weighted by molar-refractivity contribution is 5.61. The van der Waals surface area contributed by atoms with Gasteiger partial charge in [-0.1, -0.05) is 0 Å². The van der Waals surface area contributed by atoms with Crippen LogP contribution in [-0.2, 0) is 6.54 Å². The first-order valence-electron chi connectivity index (χ1n) is 5.43. The molecule has 17 heavy (non-hydrogen) atoms. The third kappa shape index (κ3) is 2.60. The van der Waals surface area contributed by atoms with Gasteiger partial charge in [0.1, 0.15) is 5.75 Å². The van der Waals surface area contributed by atoms with Gasteiger partial charge in [-0.25, -0.2) is 0 Å². The van der Waals surface area contributed by atoms with Crippen molar-refractivity contribution in [3.8, 4) is 17.0 Å². The highest BCUT2D eigenvalue weighted by Gasteiger charge is 2.05. The van der Waals surface area contributed by atoms with Gasteiger partial charge in [0.15, 0.2) is 0 Å². The molecule has 88 valence electrons. The van der Waals surface area contributed by atoms with E-state index in [1.54, 1.807) is 25.7 Å². The Morgan fingerprint density at radius 1 is 1.29 bits per heavy atom. The molecule has 0 bridgehead atoms. The fourth-order valence-electron chi connectivity index (χ4n) is 1.71. The van der Waals surface area contributed by atoms with Gasteiger partial charge in [-0.2, -0.15) is 0 Å².